The molecule has 0 aromatic heterocycles. The maximum atomic E-state index is 13.8. The molecule has 2 aliphatic rings. The zero-order valence-corrected chi connectivity index (χ0v) is 25.9. The lowest BCUT2D eigenvalue weighted by Gasteiger charge is -2.30. The molecule has 230 valence electrons. The molecule has 8 nitrogen and oxygen atoms in total. The van der Waals surface area contributed by atoms with Crippen LogP contribution in [0.3, 0.4) is 0 Å². The van der Waals surface area contributed by atoms with E-state index in [0.717, 1.165) is 86.3 Å². The molecule has 0 radical (unpaired) electrons. The number of likely N-dealkylation sites (tertiary alicyclic amines) is 1. The molecule has 8 heteroatoms. The van der Waals surface area contributed by atoms with Crippen molar-refractivity contribution >= 4 is 11.9 Å². The average Bonchev–Trinajstić information content (AvgIpc) is 3.59. The third kappa shape index (κ3) is 8.04. The van der Waals surface area contributed by atoms with Crippen LogP contribution >= 0.6 is 0 Å². The van der Waals surface area contributed by atoms with Crippen molar-refractivity contribution in [3.63, 3.8) is 0 Å². The first-order valence-corrected chi connectivity index (χ1v) is 15.6. The van der Waals surface area contributed by atoms with E-state index in [1.54, 1.807) is 7.11 Å². The van der Waals surface area contributed by atoms with Crippen molar-refractivity contribution in [2.45, 2.75) is 63.8 Å². The van der Waals surface area contributed by atoms with Gasteiger partial charge in [0.2, 0.25) is 5.91 Å². The van der Waals surface area contributed by atoms with Gasteiger partial charge in [-0.1, -0.05) is 43.7 Å². The topological polar surface area (TPSA) is 82.5 Å². The van der Waals surface area contributed by atoms with Gasteiger partial charge in [-0.05, 0) is 81.6 Å². The van der Waals surface area contributed by atoms with Crippen LogP contribution < -0.4 is 9.47 Å². The number of methoxy groups -OCH3 is 1. The number of aliphatic carboxylic acids is 1. The van der Waals surface area contributed by atoms with Gasteiger partial charge in [0.1, 0.15) is 11.5 Å². The van der Waals surface area contributed by atoms with Crippen molar-refractivity contribution < 1.29 is 24.2 Å². The molecular weight excluding hydrogens is 530 g/mol. The normalized spacial score (nSPS) is 20.0. The molecule has 4 rings (SSSR count). The first kappa shape index (κ1) is 31.8. The molecule has 0 spiro atoms. The highest BCUT2D eigenvalue weighted by atomic mass is 16.5. The predicted molar refractivity (Wildman–Crippen MR) is 165 cm³/mol. The molecular formula is C34H49N3O5. The summed E-state index contributed by atoms with van der Waals surface area (Å²) in [6, 6.07) is 13.9. The summed E-state index contributed by atoms with van der Waals surface area (Å²) in [5.41, 5.74) is 3.30. The molecule has 1 amide bonds. The number of carboxylic acid groups (broad SMARTS) is 1. The maximum Gasteiger partial charge on any atom is 0.308 e. The number of hydrogen-bond donors (Lipinski definition) is 1. The van der Waals surface area contributed by atoms with Gasteiger partial charge in [0.15, 0.2) is 0 Å². The summed E-state index contributed by atoms with van der Waals surface area (Å²) in [5.74, 6) is 0.289. The van der Waals surface area contributed by atoms with Gasteiger partial charge in [0, 0.05) is 38.0 Å². The molecule has 0 bridgehead atoms. The molecule has 3 atom stereocenters. The fourth-order valence-corrected chi connectivity index (χ4v) is 6.60. The number of carbonyl (C=O) groups excluding carboxylic acids is 1. The van der Waals surface area contributed by atoms with Crippen LogP contribution in [0.15, 0.2) is 42.5 Å². The van der Waals surface area contributed by atoms with Crippen LogP contribution in [0.4, 0.5) is 0 Å². The van der Waals surface area contributed by atoms with Crippen LogP contribution in [0.1, 0.15) is 61.6 Å². The van der Waals surface area contributed by atoms with Crippen LogP contribution in [0.2, 0.25) is 0 Å². The molecule has 0 aliphatic carbocycles. The lowest BCUT2D eigenvalue weighted by molar-refractivity contribution is -0.143. The Bertz CT molecular complexity index is 1190. The van der Waals surface area contributed by atoms with Crippen molar-refractivity contribution in [3.05, 3.63) is 59.2 Å². The lowest BCUT2D eigenvalue weighted by Crippen LogP contribution is -2.45. The van der Waals surface area contributed by atoms with Crippen LogP contribution in [-0.4, -0.2) is 98.3 Å². The lowest BCUT2D eigenvalue weighted by atomic mass is 9.83. The van der Waals surface area contributed by atoms with E-state index in [4.69, 9.17) is 9.47 Å². The Morgan fingerprint density at radius 1 is 1.07 bits per heavy atom. The number of hydrogen-bond acceptors (Lipinski definition) is 6. The standard InChI is InChI=1S/C34H49N3O5/c1-5-6-19-36(20-10-18-35(2)3)32(38)24-37-23-28(26-15-16-31-27(22-26)17-21-42-31)33(34(39)40)29(37)13-9-12-25-11-7-8-14-30(25)41-4/h7-8,11,14-16,22,28-29,33H,5-6,9-10,12-13,17-21,23-24H2,1-4H3,(H,39,40). The number of fused-ring (bicyclic) bond motifs is 1. The van der Waals surface area contributed by atoms with Gasteiger partial charge in [0.05, 0.1) is 26.2 Å². The van der Waals surface area contributed by atoms with Gasteiger partial charge < -0.3 is 24.4 Å². The highest BCUT2D eigenvalue weighted by Gasteiger charge is 2.47. The van der Waals surface area contributed by atoms with Crippen molar-refractivity contribution in [2.24, 2.45) is 5.92 Å². The number of nitrogens with zero attached hydrogens (tertiary/aromatic N) is 3. The van der Waals surface area contributed by atoms with E-state index in [1.165, 1.54) is 0 Å². The number of ether oxygens (including phenoxy) is 2. The summed E-state index contributed by atoms with van der Waals surface area (Å²) in [4.78, 5) is 33.0. The van der Waals surface area contributed by atoms with Gasteiger partial charge in [-0.2, -0.15) is 0 Å². The minimum absolute atomic E-state index is 0.101. The van der Waals surface area contributed by atoms with E-state index in [0.29, 0.717) is 19.6 Å². The Balaban J connectivity index is 1.56. The SMILES string of the molecule is CCCCN(CCCN(C)C)C(=O)CN1CC(c2ccc3c(c2)CCO3)C(C(=O)O)C1CCCc1ccccc1OC. The van der Waals surface area contributed by atoms with Crippen LogP contribution in [-0.2, 0) is 22.4 Å². The molecule has 2 aromatic carbocycles. The Morgan fingerprint density at radius 2 is 1.86 bits per heavy atom. The summed E-state index contributed by atoms with van der Waals surface area (Å²) in [7, 11) is 5.78. The predicted octanol–water partition coefficient (Wildman–Crippen LogP) is 4.70. The minimum atomic E-state index is -0.789. The second-order valence-electron chi connectivity index (χ2n) is 12.0. The smallest absolute Gasteiger partial charge is 0.308 e. The number of unbranched alkanes of at least 4 members (excludes halogenated alkanes) is 1. The fraction of sp³-hybridized carbons (Fsp3) is 0.588. The number of aryl methyl sites for hydroxylation is 1. The number of rotatable bonds is 16. The Hall–Kier alpha value is -3.10. The summed E-state index contributed by atoms with van der Waals surface area (Å²) in [6.07, 6.45) is 6.06. The van der Waals surface area contributed by atoms with Gasteiger partial charge >= 0.3 is 5.97 Å². The highest BCUT2D eigenvalue weighted by molar-refractivity contribution is 5.79. The number of carboxylic acids is 1. The molecule has 0 saturated carbocycles. The van der Waals surface area contributed by atoms with Gasteiger partial charge in [-0.25, -0.2) is 0 Å². The van der Waals surface area contributed by atoms with E-state index < -0.39 is 11.9 Å². The molecule has 2 aromatic rings. The molecule has 1 saturated heterocycles. The minimum Gasteiger partial charge on any atom is -0.496 e. The zero-order chi connectivity index (χ0) is 30.1. The van der Waals surface area contributed by atoms with Gasteiger partial charge in [0.25, 0.3) is 0 Å². The monoisotopic (exact) mass is 579 g/mol. The largest absolute Gasteiger partial charge is 0.496 e. The highest BCUT2D eigenvalue weighted by Crippen LogP contribution is 2.41. The average molecular weight is 580 g/mol. The van der Waals surface area contributed by atoms with E-state index in [9.17, 15) is 14.7 Å². The number of para-hydroxylation sites is 1. The summed E-state index contributed by atoms with van der Waals surface area (Å²) in [5, 5.41) is 10.6. The Kier molecular flexibility index (Phi) is 11.7. The van der Waals surface area contributed by atoms with E-state index >= 15 is 0 Å². The van der Waals surface area contributed by atoms with E-state index in [1.807, 2.05) is 35.2 Å². The second-order valence-corrected chi connectivity index (χ2v) is 12.0. The Labute approximate surface area is 251 Å². The number of benzene rings is 2. The third-order valence-electron chi connectivity index (χ3n) is 8.82. The first-order valence-electron chi connectivity index (χ1n) is 15.6. The quantitative estimate of drug-likeness (QED) is 0.309. The Morgan fingerprint density at radius 3 is 2.60 bits per heavy atom. The van der Waals surface area contributed by atoms with E-state index in [-0.39, 0.29) is 24.4 Å². The maximum absolute atomic E-state index is 13.8. The summed E-state index contributed by atoms with van der Waals surface area (Å²) >= 11 is 0. The van der Waals surface area contributed by atoms with Crippen molar-refractivity contribution in [1.82, 2.24) is 14.7 Å². The van der Waals surface area contributed by atoms with Crippen LogP contribution in [0.5, 0.6) is 11.5 Å². The fourth-order valence-electron chi connectivity index (χ4n) is 6.60. The second kappa shape index (κ2) is 15.4. The first-order chi connectivity index (χ1) is 20.3. The van der Waals surface area contributed by atoms with Crippen molar-refractivity contribution in [1.29, 1.82) is 0 Å². The van der Waals surface area contributed by atoms with Crippen molar-refractivity contribution in [2.75, 3.05) is 60.5 Å². The van der Waals surface area contributed by atoms with Crippen molar-refractivity contribution in [3.8, 4) is 11.5 Å². The molecule has 2 heterocycles. The molecule has 1 N–H and O–H groups in total. The molecule has 2 aliphatic heterocycles. The van der Waals surface area contributed by atoms with Crippen LogP contribution in [0.25, 0.3) is 0 Å². The summed E-state index contributed by atoms with van der Waals surface area (Å²) in [6.45, 7) is 6.01. The molecule has 1 fully saturated rings. The number of amides is 1. The molecule has 42 heavy (non-hydrogen) atoms. The molecule has 3 unspecified atom stereocenters. The van der Waals surface area contributed by atoms with Gasteiger partial charge in [-0.3, -0.25) is 14.5 Å². The van der Waals surface area contributed by atoms with Crippen LogP contribution in [0, 0.1) is 5.92 Å². The van der Waals surface area contributed by atoms with E-state index in [2.05, 4.69) is 43.0 Å². The zero-order valence-electron chi connectivity index (χ0n) is 25.9. The summed E-state index contributed by atoms with van der Waals surface area (Å²) < 4.78 is 11.3. The third-order valence-corrected chi connectivity index (χ3v) is 8.82. The van der Waals surface area contributed by atoms with Gasteiger partial charge in [-0.15, -0.1) is 0 Å². The number of carbonyl (C=O) groups is 2.